The summed E-state index contributed by atoms with van der Waals surface area (Å²) in [6.07, 6.45) is 2.66. The Morgan fingerprint density at radius 1 is 1.31 bits per heavy atom. The largest absolute Gasteiger partial charge is 0.378 e. The molecule has 26 heavy (non-hydrogen) atoms. The Morgan fingerprint density at radius 2 is 2.12 bits per heavy atom. The Kier molecular flexibility index (Phi) is 6.40. The van der Waals surface area contributed by atoms with E-state index in [0.29, 0.717) is 24.8 Å². The maximum absolute atomic E-state index is 12.1. The molecule has 0 bridgehead atoms. The fourth-order valence-electron chi connectivity index (χ4n) is 3.03. The third-order valence-corrected chi connectivity index (χ3v) is 5.43. The molecule has 0 radical (unpaired) electrons. The van der Waals surface area contributed by atoms with Crippen LogP contribution in [0.3, 0.4) is 0 Å². The highest BCUT2D eigenvalue weighted by Crippen LogP contribution is 2.29. The van der Waals surface area contributed by atoms with Gasteiger partial charge in [-0.15, -0.1) is 11.3 Å². The molecule has 140 valence electrons. The lowest BCUT2D eigenvalue weighted by Crippen LogP contribution is -2.18. The van der Waals surface area contributed by atoms with Crippen LogP contribution in [-0.2, 0) is 14.3 Å². The number of carbonyl (C=O) groups is 1. The van der Waals surface area contributed by atoms with Crippen LogP contribution in [0.1, 0.15) is 36.0 Å². The van der Waals surface area contributed by atoms with Crippen molar-refractivity contribution >= 4 is 22.4 Å². The normalized spacial score (nSPS) is 16.8. The molecule has 2 heterocycles. The van der Waals surface area contributed by atoms with Crippen molar-refractivity contribution < 1.29 is 14.3 Å². The van der Waals surface area contributed by atoms with Gasteiger partial charge >= 0.3 is 0 Å². The molecule has 1 N–H and O–H groups in total. The van der Waals surface area contributed by atoms with Gasteiger partial charge in [-0.2, -0.15) is 0 Å². The number of ether oxygens (including phenoxy) is 2. The first-order valence-corrected chi connectivity index (χ1v) is 9.94. The lowest BCUT2D eigenvalue weighted by Gasteiger charge is -2.09. The molecule has 3 rings (SSSR count). The van der Waals surface area contributed by atoms with Crippen molar-refractivity contribution in [2.75, 3.05) is 25.1 Å². The fourth-order valence-corrected chi connectivity index (χ4v) is 3.76. The number of carbonyl (C=O) groups excluding carboxylic acids is 1. The molecule has 6 heteroatoms. The van der Waals surface area contributed by atoms with Gasteiger partial charge in [0.2, 0.25) is 5.91 Å². The Morgan fingerprint density at radius 3 is 2.88 bits per heavy atom. The summed E-state index contributed by atoms with van der Waals surface area (Å²) < 4.78 is 11.0. The molecule has 1 saturated heterocycles. The highest BCUT2D eigenvalue weighted by Gasteiger charge is 2.16. The molecule has 0 saturated carbocycles. The van der Waals surface area contributed by atoms with E-state index in [1.807, 2.05) is 5.38 Å². The van der Waals surface area contributed by atoms with Gasteiger partial charge in [0.05, 0.1) is 31.4 Å². The molecular weight excluding hydrogens is 348 g/mol. The van der Waals surface area contributed by atoms with Gasteiger partial charge in [-0.05, 0) is 56.4 Å². The van der Waals surface area contributed by atoms with E-state index in [1.54, 1.807) is 0 Å². The van der Waals surface area contributed by atoms with Crippen LogP contribution >= 0.6 is 11.3 Å². The van der Waals surface area contributed by atoms with Crippen molar-refractivity contribution in [3.05, 3.63) is 34.2 Å². The highest BCUT2D eigenvalue weighted by molar-refractivity contribution is 7.14. The summed E-state index contributed by atoms with van der Waals surface area (Å²) in [5.41, 5.74) is 5.73. The van der Waals surface area contributed by atoms with Gasteiger partial charge in [0.25, 0.3) is 0 Å². The number of nitrogens with zero attached hydrogens (tertiary/aromatic N) is 1. The number of thiazole rings is 1. The molecule has 1 amide bonds. The van der Waals surface area contributed by atoms with Gasteiger partial charge in [-0.25, -0.2) is 4.98 Å². The topological polar surface area (TPSA) is 60.5 Å². The zero-order valence-electron chi connectivity index (χ0n) is 15.6. The van der Waals surface area contributed by atoms with Crippen molar-refractivity contribution in [1.82, 2.24) is 4.98 Å². The first-order chi connectivity index (χ1) is 12.5. The first kappa shape index (κ1) is 19.0. The Bertz CT molecular complexity index is 766. The molecule has 1 aliphatic heterocycles. The predicted molar refractivity (Wildman–Crippen MR) is 105 cm³/mol. The van der Waals surface area contributed by atoms with Gasteiger partial charge < -0.3 is 14.8 Å². The summed E-state index contributed by atoms with van der Waals surface area (Å²) in [7, 11) is 0. The minimum atomic E-state index is -0.0740. The molecule has 2 aromatic rings. The van der Waals surface area contributed by atoms with Crippen LogP contribution in [-0.4, -0.2) is 36.8 Å². The number of rotatable bonds is 7. The number of hydrogen-bond acceptors (Lipinski definition) is 5. The summed E-state index contributed by atoms with van der Waals surface area (Å²) in [4.78, 5) is 16.6. The summed E-state index contributed by atoms with van der Waals surface area (Å²) >= 11 is 1.45. The lowest BCUT2D eigenvalue weighted by atomic mass is 9.99. The first-order valence-electron chi connectivity index (χ1n) is 9.06. The average molecular weight is 375 g/mol. The maximum Gasteiger partial charge on any atom is 0.228 e. The second kappa shape index (κ2) is 8.75. The van der Waals surface area contributed by atoms with Gasteiger partial charge in [-0.1, -0.05) is 6.07 Å². The zero-order chi connectivity index (χ0) is 18.5. The summed E-state index contributed by atoms with van der Waals surface area (Å²) in [6, 6.07) is 4.33. The molecule has 1 aromatic carbocycles. The van der Waals surface area contributed by atoms with Crippen molar-refractivity contribution in [1.29, 1.82) is 0 Å². The fraction of sp³-hybridized carbons (Fsp3) is 0.500. The van der Waals surface area contributed by atoms with Crippen molar-refractivity contribution in [3.63, 3.8) is 0 Å². The van der Waals surface area contributed by atoms with Crippen molar-refractivity contribution in [3.8, 4) is 11.3 Å². The van der Waals surface area contributed by atoms with Gasteiger partial charge in [0.15, 0.2) is 5.13 Å². The predicted octanol–water partition coefficient (Wildman–Crippen LogP) is 4.26. The minimum Gasteiger partial charge on any atom is -0.378 e. The second-order valence-corrected chi connectivity index (χ2v) is 7.66. The summed E-state index contributed by atoms with van der Waals surface area (Å²) in [5, 5.41) is 5.48. The Labute approximate surface area is 158 Å². The van der Waals surface area contributed by atoms with E-state index >= 15 is 0 Å². The van der Waals surface area contributed by atoms with Crippen LogP contribution in [0.15, 0.2) is 17.5 Å². The molecule has 1 fully saturated rings. The minimum absolute atomic E-state index is 0.0740. The van der Waals surface area contributed by atoms with Crippen LogP contribution < -0.4 is 5.32 Å². The van der Waals surface area contributed by atoms with Gasteiger partial charge in [0.1, 0.15) is 0 Å². The van der Waals surface area contributed by atoms with E-state index in [1.165, 1.54) is 28.0 Å². The molecule has 0 aliphatic carbocycles. The van der Waals surface area contributed by atoms with Crippen LogP contribution in [0.2, 0.25) is 0 Å². The lowest BCUT2D eigenvalue weighted by molar-refractivity contribution is -0.117. The molecule has 1 unspecified atom stereocenters. The number of amides is 1. The molecule has 1 aromatic heterocycles. The van der Waals surface area contributed by atoms with E-state index in [9.17, 15) is 4.79 Å². The Hall–Kier alpha value is -1.76. The van der Waals surface area contributed by atoms with Crippen LogP contribution in [0.5, 0.6) is 0 Å². The van der Waals surface area contributed by atoms with Gasteiger partial charge in [0, 0.05) is 17.6 Å². The van der Waals surface area contributed by atoms with E-state index < -0.39 is 0 Å². The third-order valence-electron chi connectivity index (χ3n) is 4.67. The summed E-state index contributed by atoms with van der Waals surface area (Å²) in [6.45, 7) is 8.09. The third kappa shape index (κ3) is 4.90. The number of anilines is 1. The molecule has 1 atom stereocenters. The van der Waals surface area contributed by atoms with Crippen LogP contribution in [0.25, 0.3) is 11.3 Å². The summed E-state index contributed by atoms with van der Waals surface area (Å²) in [5.74, 6) is -0.0740. The smallest absolute Gasteiger partial charge is 0.228 e. The van der Waals surface area contributed by atoms with Crippen molar-refractivity contribution in [2.45, 2.75) is 46.1 Å². The van der Waals surface area contributed by atoms with E-state index in [0.717, 1.165) is 30.7 Å². The molecule has 1 aliphatic rings. The van der Waals surface area contributed by atoms with Crippen LogP contribution in [0, 0.1) is 20.8 Å². The number of aromatic nitrogens is 1. The standard InChI is InChI=1S/C20H26N2O3S/c1-13-9-15(3)17(10-14(13)2)18-12-26-20(21-18)22-19(23)6-8-24-11-16-5-4-7-25-16/h9-10,12,16H,4-8,11H2,1-3H3,(H,21,22,23). The second-order valence-electron chi connectivity index (χ2n) is 6.80. The SMILES string of the molecule is Cc1cc(C)c(-c2csc(NC(=O)CCOCC3CCCO3)n2)cc1C. The molecule has 0 spiro atoms. The van der Waals surface area contributed by atoms with Crippen LogP contribution in [0.4, 0.5) is 5.13 Å². The monoisotopic (exact) mass is 374 g/mol. The van der Waals surface area contributed by atoms with E-state index in [4.69, 9.17) is 9.47 Å². The number of hydrogen-bond donors (Lipinski definition) is 1. The Balaban J connectivity index is 1.50. The average Bonchev–Trinajstić information content (AvgIpc) is 3.27. The van der Waals surface area contributed by atoms with Gasteiger partial charge in [-0.3, -0.25) is 4.79 Å². The molecular formula is C20H26N2O3S. The van der Waals surface area contributed by atoms with Crippen molar-refractivity contribution in [2.24, 2.45) is 0 Å². The zero-order valence-corrected chi connectivity index (χ0v) is 16.4. The number of nitrogens with one attached hydrogen (secondary N) is 1. The highest BCUT2D eigenvalue weighted by atomic mass is 32.1. The number of benzene rings is 1. The van der Waals surface area contributed by atoms with E-state index in [-0.39, 0.29) is 12.0 Å². The quantitative estimate of drug-likeness (QED) is 0.736. The number of aryl methyl sites for hydroxylation is 3. The maximum atomic E-state index is 12.1. The van der Waals surface area contributed by atoms with E-state index in [2.05, 4.69) is 43.2 Å². The molecule has 5 nitrogen and oxygen atoms in total.